The minimum Gasteiger partial charge on any atom is -0.298 e. The van der Waals surface area contributed by atoms with Crippen molar-refractivity contribution in [3.63, 3.8) is 0 Å². The molecule has 0 fully saturated rings. The molecule has 1 rings (SSSR count). The van der Waals surface area contributed by atoms with Gasteiger partial charge in [-0.3, -0.25) is 4.79 Å². The van der Waals surface area contributed by atoms with Crippen molar-refractivity contribution < 1.29 is 30.8 Å². The highest BCUT2D eigenvalue weighted by Gasteiger charge is 2.46. The molecule has 1 aromatic rings. The van der Waals surface area contributed by atoms with E-state index in [0.717, 1.165) is 0 Å². The zero-order valence-corrected chi connectivity index (χ0v) is 8.27. The van der Waals surface area contributed by atoms with Crippen LogP contribution in [-0.4, -0.2) is 20.2 Å². The van der Waals surface area contributed by atoms with Gasteiger partial charge < -0.3 is 0 Å². The van der Waals surface area contributed by atoms with E-state index in [1.54, 1.807) is 0 Å². The Morgan fingerprint density at radius 1 is 1.19 bits per heavy atom. The van der Waals surface area contributed by atoms with Crippen LogP contribution in [-0.2, 0) is 9.84 Å². The SMILES string of the molecule is O=Cc1cc(S(=O)(=O)C(F)(F)F)ccc1F. The predicted molar refractivity (Wildman–Crippen MR) is 45.0 cm³/mol. The summed E-state index contributed by atoms with van der Waals surface area (Å²) < 4.78 is 70.7. The lowest BCUT2D eigenvalue weighted by Gasteiger charge is -2.08. The van der Waals surface area contributed by atoms with Crippen molar-refractivity contribution in [1.29, 1.82) is 0 Å². The molecule has 0 saturated carbocycles. The molecule has 0 unspecified atom stereocenters. The van der Waals surface area contributed by atoms with Gasteiger partial charge >= 0.3 is 5.51 Å². The van der Waals surface area contributed by atoms with Crippen LogP contribution in [0, 0.1) is 5.82 Å². The van der Waals surface area contributed by atoms with Crippen LogP contribution in [0.15, 0.2) is 23.1 Å². The van der Waals surface area contributed by atoms with Gasteiger partial charge in [0, 0.05) is 0 Å². The molecule has 3 nitrogen and oxygen atoms in total. The molecule has 0 bridgehead atoms. The minimum atomic E-state index is -5.55. The number of hydrogen-bond donors (Lipinski definition) is 0. The first kappa shape index (κ1) is 12.6. The number of carbonyl (C=O) groups excluding carboxylic acids is 1. The first-order valence-corrected chi connectivity index (χ1v) is 5.24. The molecule has 88 valence electrons. The third-order valence-corrected chi connectivity index (χ3v) is 3.19. The normalized spacial score (nSPS) is 12.5. The van der Waals surface area contributed by atoms with Crippen molar-refractivity contribution in [1.82, 2.24) is 0 Å². The number of rotatable bonds is 2. The molecule has 0 amide bonds. The summed E-state index contributed by atoms with van der Waals surface area (Å²) in [4.78, 5) is 9.08. The van der Waals surface area contributed by atoms with Crippen molar-refractivity contribution >= 4 is 16.1 Å². The maximum Gasteiger partial charge on any atom is 0.501 e. The first-order chi connectivity index (χ1) is 7.20. The molecule has 0 atom stereocenters. The second kappa shape index (κ2) is 3.85. The van der Waals surface area contributed by atoms with Crippen molar-refractivity contribution in [2.75, 3.05) is 0 Å². The van der Waals surface area contributed by atoms with Crippen molar-refractivity contribution in [3.8, 4) is 0 Å². The quantitative estimate of drug-likeness (QED) is 0.461. The highest BCUT2D eigenvalue weighted by Crippen LogP contribution is 2.30. The molecular formula is C8H4F4O3S. The second-order valence-corrected chi connectivity index (χ2v) is 4.69. The van der Waals surface area contributed by atoms with Crippen LogP contribution in [0.4, 0.5) is 17.6 Å². The first-order valence-electron chi connectivity index (χ1n) is 3.76. The molecule has 8 heteroatoms. The van der Waals surface area contributed by atoms with Gasteiger partial charge in [-0.15, -0.1) is 0 Å². The number of benzene rings is 1. The standard InChI is InChI=1S/C8H4F4O3S/c9-7-2-1-6(3-5(7)4-13)16(14,15)8(10,11)12/h1-4H. The fraction of sp³-hybridized carbons (Fsp3) is 0.125. The van der Waals surface area contributed by atoms with Gasteiger partial charge in [-0.2, -0.15) is 13.2 Å². The van der Waals surface area contributed by atoms with Crippen LogP contribution in [0.5, 0.6) is 0 Å². The summed E-state index contributed by atoms with van der Waals surface area (Å²) in [5.41, 5.74) is -6.23. The van der Waals surface area contributed by atoms with Crippen LogP contribution in [0.3, 0.4) is 0 Å². The van der Waals surface area contributed by atoms with Crippen LogP contribution in [0.25, 0.3) is 0 Å². The Morgan fingerprint density at radius 3 is 2.19 bits per heavy atom. The number of hydrogen-bond acceptors (Lipinski definition) is 3. The topological polar surface area (TPSA) is 51.2 Å². The zero-order chi connectivity index (χ0) is 12.6. The van der Waals surface area contributed by atoms with E-state index in [4.69, 9.17) is 0 Å². The number of alkyl halides is 3. The van der Waals surface area contributed by atoms with Gasteiger partial charge in [0.25, 0.3) is 9.84 Å². The Balaban J connectivity index is 3.42. The van der Waals surface area contributed by atoms with E-state index >= 15 is 0 Å². The lowest BCUT2D eigenvalue weighted by atomic mass is 10.2. The van der Waals surface area contributed by atoms with Crippen LogP contribution in [0.2, 0.25) is 0 Å². The smallest absolute Gasteiger partial charge is 0.298 e. The summed E-state index contributed by atoms with van der Waals surface area (Å²) >= 11 is 0. The van der Waals surface area contributed by atoms with Gasteiger partial charge in [-0.05, 0) is 18.2 Å². The maximum atomic E-state index is 12.7. The van der Waals surface area contributed by atoms with E-state index in [-0.39, 0.29) is 6.29 Å². The van der Waals surface area contributed by atoms with Gasteiger partial charge in [0.15, 0.2) is 6.29 Å². The molecule has 0 heterocycles. The fourth-order valence-electron chi connectivity index (χ4n) is 0.913. The molecule has 16 heavy (non-hydrogen) atoms. The molecule has 0 radical (unpaired) electrons. The molecular weight excluding hydrogens is 252 g/mol. The third-order valence-electron chi connectivity index (χ3n) is 1.71. The lowest BCUT2D eigenvalue weighted by Crippen LogP contribution is -2.23. The number of aldehydes is 1. The molecule has 0 aliphatic carbocycles. The number of halogens is 4. The highest BCUT2D eigenvalue weighted by molar-refractivity contribution is 7.92. The molecule has 0 aliphatic rings. The van der Waals surface area contributed by atoms with Gasteiger partial charge in [0.05, 0.1) is 10.5 Å². The van der Waals surface area contributed by atoms with Crippen LogP contribution < -0.4 is 0 Å². The van der Waals surface area contributed by atoms with Crippen molar-refractivity contribution in [2.24, 2.45) is 0 Å². The average Bonchev–Trinajstić information content (AvgIpc) is 2.16. The summed E-state index contributed by atoms with van der Waals surface area (Å²) in [6.07, 6.45) is -0.0648. The van der Waals surface area contributed by atoms with E-state index in [2.05, 4.69) is 0 Å². The minimum absolute atomic E-state index is 0.0648. The van der Waals surface area contributed by atoms with Gasteiger partial charge in [0.2, 0.25) is 0 Å². The van der Waals surface area contributed by atoms with Crippen molar-refractivity contribution in [3.05, 3.63) is 29.6 Å². The van der Waals surface area contributed by atoms with E-state index < -0.39 is 31.6 Å². The predicted octanol–water partition coefficient (Wildman–Crippen LogP) is 1.93. The zero-order valence-electron chi connectivity index (χ0n) is 7.45. The summed E-state index contributed by atoms with van der Waals surface area (Å²) in [6.45, 7) is 0. The van der Waals surface area contributed by atoms with Gasteiger partial charge in [-0.25, -0.2) is 12.8 Å². The summed E-state index contributed by atoms with van der Waals surface area (Å²) in [6, 6.07) is 1.28. The average molecular weight is 256 g/mol. The Kier molecular flexibility index (Phi) is 3.04. The Bertz CT molecular complexity index is 519. The Labute approximate surface area is 87.6 Å². The van der Waals surface area contributed by atoms with Gasteiger partial charge in [-0.1, -0.05) is 0 Å². The fourth-order valence-corrected chi connectivity index (χ4v) is 1.71. The number of carbonyl (C=O) groups is 1. The second-order valence-electron chi connectivity index (χ2n) is 2.75. The lowest BCUT2D eigenvalue weighted by molar-refractivity contribution is -0.0436. The van der Waals surface area contributed by atoms with E-state index in [1.165, 1.54) is 0 Å². The Hall–Kier alpha value is -1.44. The molecule has 0 N–H and O–H groups in total. The molecule has 1 aromatic carbocycles. The Morgan fingerprint density at radius 2 is 1.75 bits per heavy atom. The van der Waals surface area contributed by atoms with E-state index in [0.29, 0.717) is 18.2 Å². The summed E-state index contributed by atoms with van der Waals surface area (Å²) in [5, 5.41) is 0. The maximum absolute atomic E-state index is 12.7. The van der Waals surface area contributed by atoms with Crippen LogP contribution >= 0.6 is 0 Å². The molecule has 0 aromatic heterocycles. The van der Waals surface area contributed by atoms with Crippen molar-refractivity contribution in [2.45, 2.75) is 10.4 Å². The molecule has 0 spiro atoms. The van der Waals surface area contributed by atoms with Gasteiger partial charge in [0.1, 0.15) is 5.82 Å². The summed E-state index contributed by atoms with van der Waals surface area (Å²) in [7, 11) is -5.55. The molecule has 0 saturated heterocycles. The largest absolute Gasteiger partial charge is 0.501 e. The number of sulfone groups is 1. The molecule has 0 aliphatic heterocycles. The van der Waals surface area contributed by atoms with E-state index in [1.807, 2.05) is 0 Å². The monoisotopic (exact) mass is 256 g/mol. The van der Waals surface area contributed by atoms with Crippen LogP contribution in [0.1, 0.15) is 10.4 Å². The van der Waals surface area contributed by atoms with E-state index in [9.17, 15) is 30.8 Å². The third kappa shape index (κ3) is 2.06. The summed E-state index contributed by atoms with van der Waals surface area (Å²) in [5.74, 6) is -1.09. The highest BCUT2D eigenvalue weighted by atomic mass is 32.2.